The lowest BCUT2D eigenvalue weighted by Gasteiger charge is -2.11. The van der Waals surface area contributed by atoms with E-state index >= 15 is 0 Å². The number of nitrogens with one attached hydrogen (secondary N) is 1. The summed E-state index contributed by atoms with van der Waals surface area (Å²) in [5, 5.41) is 2.86. The minimum absolute atomic E-state index is 0.117. The Morgan fingerprint density at radius 2 is 2.00 bits per heavy atom. The Bertz CT molecular complexity index is 541. The van der Waals surface area contributed by atoms with Gasteiger partial charge in [-0.05, 0) is 40.0 Å². The van der Waals surface area contributed by atoms with Crippen molar-refractivity contribution in [3.8, 4) is 0 Å². The zero-order chi connectivity index (χ0) is 13.7. The van der Waals surface area contributed by atoms with Gasteiger partial charge in [0.2, 0.25) is 5.91 Å². The smallest absolute Gasteiger partial charge is 0.237 e. The van der Waals surface area contributed by atoms with E-state index in [9.17, 15) is 4.79 Å². The van der Waals surface area contributed by atoms with Crippen molar-refractivity contribution in [2.45, 2.75) is 19.0 Å². The monoisotopic (exact) mass is 338 g/mol. The van der Waals surface area contributed by atoms with Gasteiger partial charge in [0.15, 0.2) is 0 Å². The van der Waals surface area contributed by atoms with Crippen LogP contribution in [0.2, 0.25) is 0 Å². The lowest BCUT2D eigenvalue weighted by Crippen LogP contribution is -2.41. The molecule has 1 unspecified atom stereocenters. The number of thiophene rings is 1. The molecule has 0 aliphatic rings. The second kappa shape index (κ2) is 6.84. The summed E-state index contributed by atoms with van der Waals surface area (Å²) in [4.78, 5) is 13.0. The van der Waals surface area contributed by atoms with Gasteiger partial charge in [-0.1, -0.05) is 30.3 Å². The van der Waals surface area contributed by atoms with Crippen LogP contribution in [0.15, 0.2) is 46.3 Å². The Morgan fingerprint density at radius 1 is 1.26 bits per heavy atom. The van der Waals surface area contributed by atoms with Gasteiger partial charge in [-0.3, -0.25) is 4.79 Å². The highest BCUT2D eigenvalue weighted by molar-refractivity contribution is 9.11. The lowest BCUT2D eigenvalue weighted by atomic mass is 10.1. The molecule has 0 aliphatic carbocycles. The molecular formula is C14H15BrN2OS. The van der Waals surface area contributed by atoms with Gasteiger partial charge in [0.1, 0.15) is 0 Å². The second-order valence-electron chi connectivity index (χ2n) is 4.22. The third kappa shape index (κ3) is 4.45. The van der Waals surface area contributed by atoms with Gasteiger partial charge in [-0.2, -0.15) is 0 Å². The maximum absolute atomic E-state index is 11.9. The van der Waals surface area contributed by atoms with Crippen molar-refractivity contribution in [2.75, 3.05) is 0 Å². The third-order valence-corrected chi connectivity index (χ3v) is 4.32. The van der Waals surface area contributed by atoms with Crippen LogP contribution in [0.25, 0.3) is 0 Å². The number of rotatable bonds is 5. The van der Waals surface area contributed by atoms with E-state index in [-0.39, 0.29) is 5.91 Å². The van der Waals surface area contributed by atoms with Gasteiger partial charge in [0.25, 0.3) is 0 Å². The Balaban J connectivity index is 1.82. The summed E-state index contributed by atoms with van der Waals surface area (Å²) in [6, 6.07) is 13.2. The molecule has 2 rings (SSSR count). The summed E-state index contributed by atoms with van der Waals surface area (Å²) in [6.45, 7) is 0.525. The van der Waals surface area contributed by atoms with E-state index in [2.05, 4.69) is 21.2 Å². The highest BCUT2D eigenvalue weighted by Crippen LogP contribution is 2.21. The minimum Gasteiger partial charge on any atom is -0.350 e. The van der Waals surface area contributed by atoms with E-state index in [4.69, 9.17) is 5.73 Å². The fraction of sp³-hybridized carbons (Fsp3) is 0.214. The third-order valence-electron chi connectivity index (χ3n) is 2.70. The first-order valence-corrected chi connectivity index (χ1v) is 7.57. The number of hydrogen-bond acceptors (Lipinski definition) is 3. The van der Waals surface area contributed by atoms with Crippen molar-refractivity contribution in [1.29, 1.82) is 0 Å². The first kappa shape index (κ1) is 14.2. The van der Waals surface area contributed by atoms with Gasteiger partial charge >= 0.3 is 0 Å². The lowest BCUT2D eigenvalue weighted by molar-refractivity contribution is -0.122. The Hall–Kier alpha value is -1.17. The zero-order valence-electron chi connectivity index (χ0n) is 10.3. The highest BCUT2D eigenvalue weighted by atomic mass is 79.9. The van der Waals surface area contributed by atoms with E-state index in [1.807, 2.05) is 42.5 Å². The number of carbonyl (C=O) groups excluding carboxylic acids is 1. The number of halogens is 1. The van der Waals surface area contributed by atoms with Gasteiger partial charge in [0, 0.05) is 4.88 Å². The number of hydrogen-bond donors (Lipinski definition) is 2. The van der Waals surface area contributed by atoms with Gasteiger partial charge in [-0.25, -0.2) is 0 Å². The van der Waals surface area contributed by atoms with Gasteiger partial charge < -0.3 is 11.1 Å². The van der Waals surface area contributed by atoms with Crippen LogP contribution in [0.5, 0.6) is 0 Å². The first-order chi connectivity index (χ1) is 9.15. The standard InChI is InChI=1S/C14H15BrN2OS/c15-13-7-6-11(19-13)9-17-14(18)12(16)8-10-4-2-1-3-5-10/h1-7,12H,8-9,16H2,(H,17,18). The molecule has 2 aromatic rings. The Kier molecular flexibility index (Phi) is 5.13. The summed E-state index contributed by atoms with van der Waals surface area (Å²) in [5.41, 5.74) is 6.97. The molecule has 100 valence electrons. The van der Waals surface area contributed by atoms with Crippen LogP contribution in [0.4, 0.5) is 0 Å². The molecule has 0 radical (unpaired) electrons. The fourth-order valence-electron chi connectivity index (χ4n) is 1.71. The van der Waals surface area contributed by atoms with Crippen LogP contribution in [0.1, 0.15) is 10.4 Å². The molecule has 1 aromatic heterocycles. The molecule has 0 fully saturated rings. The Morgan fingerprint density at radius 3 is 2.63 bits per heavy atom. The van der Waals surface area contributed by atoms with Crippen LogP contribution in [0, 0.1) is 0 Å². The van der Waals surface area contributed by atoms with Crippen molar-refractivity contribution in [3.05, 3.63) is 56.7 Å². The van der Waals surface area contributed by atoms with Crippen molar-refractivity contribution >= 4 is 33.2 Å². The maximum atomic E-state index is 11.9. The van der Waals surface area contributed by atoms with Crippen molar-refractivity contribution in [3.63, 3.8) is 0 Å². The van der Waals surface area contributed by atoms with E-state index in [0.717, 1.165) is 14.2 Å². The number of carbonyl (C=O) groups is 1. The van der Waals surface area contributed by atoms with Crippen LogP contribution in [-0.2, 0) is 17.8 Å². The molecule has 3 N–H and O–H groups in total. The Labute approximate surface area is 125 Å². The molecular weight excluding hydrogens is 324 g/mol. The predicted molar refractivity (Wildman–Crippen MR) is 82.0 cm³/mol. The SMILES string of the molecule is NC(Cc1ccccc1)C(=O)NCc1ccc(Br)s1. The van der Waals surface area contributed by atoms with E-state index in [1.165, 1.54) is 0 Å². The number of benzene rings is 1. The average molecular weight is 339 g/mol. The van der Waals surface area contributed by atoms with E-state index in [0.29, 0.717) is 13.0 Å². The fourth-order valence-corrected chi connectivity index (χ4v) is 3.14. The van der Waals surface area contributed by atoms with Crippen molar-refractivity contribution in [1.82, 2.24) is 5.32 Å². The second-order valence-corrected chi connectivity index (χ2v) is 6.77. The summed E-state index contributed by atoms with van der Waals surface area (Å²) in [7, 11) is 0. The molecule has 19 heavy (non-hydrogen) atoms. The maximum Gasteiger partial charge on any atom is 0.237 e. The molecule has 5 heteroatoms. The molecule has 1 amide bonds. The normalized spacial score (nSPS) is 12.1. The molecule has 0 spiro atoms. The predicted octanol–water partition coefficient (Wildman–Crippen LogP) is 2.70. The zero-order valence-corrected chi connectivity index (χ0v) is 12.7. The summed E-state index contributed by atoms with van der Waals surface area (Å²) in [6.07, 6.45) is 0.556. The average Bonchev–Trinajstić information content (AvgIpc) is 2.83. The largest absolute Gasteiger partial charge is 0.350 e. The van der Waals surface area contributed by atoms with E-state index < -0.39 is 6.04 Å². The van der Waals surface area contributed by atoms with Crippen LogP contribution < -0.4 is 11.1 Å². The van der Waals surface area contributed by atoms with Crippen LogP contribution in [-0.4, -0.2) is 11.9 Å². The van der Waals surface area contributed by atoms with Crippen molar-refractivity contribution < 1.29 is 4.79 Å². The molecule has 0 saturated carbocycles. The molecule has 0 aliphatic heterocycles. The van der Waals surface area contributed by atoms with Crippen LogP contribution >= 0.6 is 27.3 Å². The summed E-state index contributed by atoms with van der Waals surface area (Å²) in [5.74, 6) is -0.117. The van der Waals surface area contributed by atoms with Gasteiger partial charge in [-0.15, -0.1) is 11.3 Å². The summed E-state index contributed by atoms with van der Waals surface area (Å²) < 4.78 is 1.06. The quantitative estimate of drug-likeness (QED) is 0.880. The highest BCUT2D eigenvalue weighted by Gasteiger charge is 2.13. The van der Waals surface area contributed by atoms with Crippen LogP contribution in [0.3, 0.4) is 0 Å². The number of amides is 1. The molecule has 0 saturated heterocycles. The minimum atomic E-state index is -0.509. The molecule has 1 atom stereocenters. The summed E-state index contributed by atoms with van der Waals surface area (Å²) >= 11 is 5.00. The number of nitrogens with two attached hydrogens (primary N) is 1. The molecule has 3 nitrogen and oxygen atoms in total. The molecule has 0 bridgehead atoms. The molecule has 1 aromatic carbocycles. The van der Waals surface area contributed by atoms with Gasteiger partial charge in [0.05, 0.1) is 16.4 Å². The molecule has 1 heterocycles. The topological polar surface area (TPSA) is 55.1 Å². The first-order valence-electron chi connectivity index (χ1n) is 5.96. The van der Waals surface area contributed by atoms with E-state index in [1.54, 1.807) is 11.3 Å². The van der Waals surface area contributed by atoms with Crippen molar-refractivity contribution in [2.24, 2.45) is 5.73 Å².